The average molecular weight is 151 g/mol. The van der Waals surface area contributed by atoms with Crippen molar-refractivity contribution in [1.29, 1.82) is 10.8 Å². The summed E-state index contributed by atoms with van der Waals surface area (Å²) in [5, 5.41) is 20.8. The van der Waals surface area contributed by atoms with Crippen LogP contribution in [0, 0.1) is 10.8 Å². The van der Waals surface area contributed by atoms with Gasteiger partial charge in [0.1, 0.15) is 6.23 Å². The van der Waals surface area contributed by atoms with Crippen LogP contribution in [0.2, 0.25) is 0 Å². The Labute approximate surface area is 64.7 Å². The maximum Gasteiger partial charge on any atom is 0.128 e. The van der Waals surface area contributed by atoms with Gasteiger partial charge in [-0.2, -0.15) is 0 Å². The number of aliphatic hydroxyl groups is 1. The van der Waals surface area contributed by atoms with Crippen molar-refractivity contribution in [3.05, 3.63) is 35.9 Å². The van der Waals surface area contributed by atoms with Gasteiger partial charge in [0.05, 0.1) is 0 Å². The Bertz CT molecular complexity index is 207. The van der Waals surface area contributed by atoms with E-state index < -0.39 is 6.23 Å². The van der Waals surface area contributed by atoms with Gasteiger partial charge in [0.25, 0.3) is 0 Å². The summed E-state index contributed by atoms with van der Waals surface area (Å²) >= 11 is 0. The molecule has 4 heteroatoms. The van der Waals surface area contributed by atoms with Crippen molar-refractivity contribution in [3.63, 3.8) is 0 Å². The van der Waals surface area contributed by atoms with Gasteiger partial charge >= 0.3 is 0 Å². The molecule has 3 N–H and O–H groups in total. The lowest BCUT2D eigenvalue weighted by Crippen LogP contribution is -2.07. The topological polar surface area (TPSA) is 93.8 Å². The number of hydrogen-bond acceptors (Lipinski definition) is 4. The number of nitrogens with zero attached hydrogens (tertiary/aromatic N) is 2. The first-order valence-corrected chi connectivity index (χ1v) is 2.99. The Morgan fingerprint density at radius 2 is 1.64 bits per heavy atom. The first kappa shape index (κ1) is 9.56. The van der Waals surface area contributed by atoms with Crippen LogP contribution in [0.25, 0.3) is 0 Å². The SMILES string of the molecule is N#N.NC(O)c1ccccc1. The van der Waals surface area contributed by atoms with Gasteiger partial charge in [0, 0.05) is 10.8 Å². The molecule has 1 aromatic rings. The highest BCUT2D eigenvalue weighted by Crippen LogP contribution is 2.04. The van der Waals surface area contributed by atoms with Crippen LogP contribution in [0.4, 0.5) is 0 Å². The normalized spacial score (nSPS) is 10.9. The molecule has 1 aromatic carbocycles. The van der Waals surface area contributed by atoms with E-state index in [1.54, 1.807) is 12.1 Å². The van der Waals surface area contributed by atoms with Crippen molar-refractivity contribution in [2.75, 3.05) is 0 Å². The molecule has 0 aliphatic heterocycles. The van der Waals surface area contributed by atoms with Crippen LogP contribution in [-0.4, -0.2) is 5.11 Å². The third-order valence-corrected chi connectivity index (χ3v) is 1.14. The largest absolute Gasteiger partial charge is 0.375 e. The summed E-state index contributed by atoms with van der Waals surface area (Å²) in [5.41, 5.74) is 5.92. The van der Waals surface area contributed by atoms with Gasteiger partial charge in [-0.05, 0) is 5.56 Å². The van der Waals surface area contributed by atoms with Crippen molar-refractivity contribution in [3.8, 4) is 0 Å². The minimum atomic E-state index is -0.841. The molecule has 0 aliphatic rings. The highest BCUT2D eigenvalue weighted by atomic mass is 16.3. The van der Waals surface area contributed by atoms with E-state index in [9.17, 15) is 0 Å². The lowest BCUT2D eigenvalue weighted by molar-refractivity contribution is 0.186. The van der Waals surface area contributed by atoms with Gasteiger partial charge in [-0.1, -0.05) is 30.3 Å². The van der Waals surface area contributed by atoms with Crippen LogP contribution in [0.1, 0.15) is 11.8 Å². The molecule has 11 heavy (non-hydrogen) atoms. The minimum Gasteiger partial charge on any atom is -0.375 e. The summed E-state index contributed by atoms with van der Waals surface area (Å²) in [6, 6.07) is 9.12. The molecular weight excluding hydrogens is 142 g/mol. The molecule has 1 unspecified atom stereocenters. The third kappa shape index (κ3) is 3.30. The first-order valence-electron chi connectivity index (χ1n) is 2.99. The van der Waals surface area contributed by atoms with Gasteiger partial charge in [0.2, 0.25) is 0 Å². The Kier molecular flexibility index (Phi) is 4.65. The second kappa shape index (κ2) is 5.35. The predicted octanol–water partition coefficient (Wildman–Crippen LogP) is 0.666. The smallest absolute Gasteiger partial charge is 0.128 e. The van der Waals surface area contributed by atoms with E-state index in [2.05, 4.69) is 0 Å². The highest BCUT2D eigenvalue weighted by Gasteiger charge is 1.95. The molecule has 0 aliphatic carbocycles. The van der Waals surface area contributed by atoms with Crippen molar-refractivity contribution in [1.82, 2.24) is 0 Å². The average Bonchev–Trinajstić information content (AvgIpc) is 2.10. The molecule has 4 nitrogen and oxygen atoms in total. The second-order valence-electron chi connectivity index (χ2n) is 1.86. The maximum absolute atomic E-state index is 8.80. The van der Waals surface area contributed by atoms with E-state index in [4.69, 9.17) is 21.6 Å². The summed E-state index contributed by atoms with van der Waals surface area (Å²) in [7, 11) is 0. The number of rotatable bonds is 1. The highest BCUT2D eigenvalue weighted by molar-refractivity contribution is 5.15. The fourth-order valence-corrected chi connectivity index (χ4v) is 0.650. The zero-order valence-electron chi connectivity index (χ0n) is 5.88. The van der Waals surface area contributed by atoms with Gasteiger partial charge in [0.15, 0.2) is 0 Å². The van der Waals surface area contributed by atoms with Crippen LogP contribution in [0.5, 0.6) is 0 Å². The predicted molar refractivity (Wildman–Crippen MR) is 39.0 cm³/mol. The number of aliphatic hydroxyl groups excluding tert-OH is 1. The number of benzene rings is 1. The van der Waals surface area contributed by atoms with E-state index in [-0.39, 0.29) is 0 Å². The molecule has 0 heterocycles. The quantitative estimate of drug-likeness (QED) is 0.455. The zero-order valence-corrected chi connectivity index (χ0v) is 5.88. The van der Waals surface area contributed by atoms with Crippen LogP contribution in [0.15, 0.2) is 30.3 Å². The molecule has 0 aromatic heterocycles. The molecule has 0 radical (unpaired) electrons. The van der Waals surface area contributed by atoms with Gasteiger partial charge < -0.3 is 10.8 Å². The number of nitrogens with two attached hydrogens (primary N) is 1. The molecule has 0 spiro atoms. The maximum atomic E-state index is 8.80. The first-order chi connectivity index (χ1) is 5.30. The minimum absolute atomic E-state index is 0.748. The van der Waals surface area contributed by atoms with E-state index >= 15 is 0 Å². The molecule has 0 saturated carbocycles. The van der Waals surface area contributed by atoms with Crippen LogP contribution in [0.3, 0.4) is 0 Å². The molecule has 0 saturated heterocycles. The summed E-state index contributed by atoms with van der Waals surface area (Å²) in [5.74, 6) is 0. The summed E-state index contributed by atoms with van der Waals surface area (Å²) in [6.45, 7) is 0. The van der Waals surface area contributed by atoms with E-state index in [0.717, 1.165) is 5.56 Å². The molecule has 0 bridgehead atoms. The lowest BCUT2D eigenvalue weighted by atomic mass is 10.2. The lowest BCUT2D eigenvalue weighted by Gasteiger charge is -2.01. The monoisotopic (exact) mass is 151 g/mol. The van der Waals surface area contributed by atoms with Crippen LogP contribution in [-0.2, 0) is 0 Å². The fourth-order valence-electron chi connectivity index (χ4n) is 0.650. The zero-order chi connectivity index (χ0) is 8.69. The molecular formula is C7H9N3O. The fraction of sp³-hybridized carbons (Fsp3) is 0.143. The van der Waals surface area contributed by atoms with Gasteiger partial charge in [-0.15, -0.1) is 0 Å². The Balaban J connectivity index is 0.000000461. The van der Waals surface area contributed by atoms with Crippen molar-refractivity contribution in [2.24, 2.45) is 5.73 Å². The Morgan fingerprint density at radius 1 is 1.18 bits per heavy atom. The second-order valence-corrected chi connectivity index (χ2v) is 1.86. The number of hydrogen-bond donors (Lipinski definition) is 2. The molecule has 1 atom stereocenters. The third-order valence-electron chi connectivity index (χ3n) is 1.14. The molecule has 0 fully saturated rings. The summed E-state index contributed by atoms with van der Waals surface area (Å²) < 4.78 is 0. The molecule has 58 valence electrons. The van der Waals surface area contributed by atoms with Crippen LogP contribution < -0.4 is 5.73 Å². The standard InChI is InChI=1S/C7H9NO.N2/c8-7(9)6-4-2-1-3-5-6;1-2/h1-5,7,9H,8H2;. The van der Waals surface area contributed by atoms with Gasteiger partial charge in [-0.3, -0.25) is 0 Å². The van der Waals surface area contributed by atoms with Crippen molar-refractivity contribution < 1.29 is 5.11 Å². The van der Waals surface area contributed by atoms with Crippen molar-refractivity contribution >= 4 is 0 Å². The molecule has 1 rings (SSSR count). The molecule has 0 amide bonds. The Hall–Kier alpha value is -1.44. The Morgan fingerprint density at radius 3 is 1.91 bits per heavy atom. The summed E-state index contributed by atoms with van der Waals surface area (Å²) in [4.78, 5) is 0. The summed E-state index contributed by atoms with van der Waals surface area (Å²) in [6.07, 6.45) is -0.841. The van der Waals surface area contributed by atoms with Crippen LogP contribution >= 0.6 is 0 Å². The van der Waals surface area contributed by atoms with E-state index in [0.29, 0.717) is 0 Å². The van der Waals surface area contributed by atoms with Gasteiger partial charge in [-0.25, -0.2) is 0 Å². The van der Waals surface area contributed by atoms with Crippen molar-refractivity contribution in [2.45, 2.75) is 6.23 Å². The van der Waals surface area contributed by atoms with E-state index in [1.165, 1.54) is 0 Å². The van der Waals surface area contributed by atoms with E-state index in [1.807, 2.05) is 18.2 Å².